The quantitative estimate of drug-likeness (QED) is 0.923. The average molecular weight is 267 g/mol. The molecule has 0 amide bonds. The lowest BCUT2D eigenvalue weighted by Crippen LogP contribution is -2.32. The van der Waals surface area contributed by atoms with Crippen molar-refractivity contribution >= 4 is 0 Å². The van der Waals surface area contributed by atoms with E-state index >= 15 is 0 Å². The first-order valence-corrected chi connectivity index (χ1v) is 7.45. The summed E-state index contributed by atoms with van der Waals surface area (Å²) in [4.78, 5) is 8.20. The molecular weight excluding hydrogens is 246 g/mol. The number of aromatic nitrogens is 2. The van der Waals surface area contributed by atoms with Crippen molar-refractivity contribution < 1.29 is 0 Å². The van der Waals surface area contributed by atoms with Crippen LogP contribution in [0, 0.1) is 0 Å². The molecule has 3 heteroatoms. The molecule has 3 rings (SSSR count). The third-order valence-corrected chi connectivity index (χ3v) is 4.21. The van der Waals surface area contributed by atoms with Crippen LogP contribution in [0.4, 0.5) is 0 Å². The highest BCUT2D eigenvalue weighted by atomic mass is 14.9. The summed E-state index contributed by atoms with van der Waals surface area (Å²) < 4.78 is 0. The standard InChI is InChI=1S/C17H21N3/c1-2-4-14(5-3-1)15-6-8-16(9-7-15)19-12-17-10-11-18-13-20-17/h1-5,10-11,13,15-16,19H,6-9,12H2. The fraction of sp³-hybridized carbons (Fsp3) is 0.412. The minimum Gasteiger partial charge on any atom is -0.308 e. The Kier molecular flexibility index (Phi) is 4.38. The summed E-state index contributed by atoms with van der Waals surface area (Å²) >= 11 is 0. The fourth-order valence-electron chi connectivity index (χ4n) is 3.03. The van der Waals surface area contributed by atoms with Gasteiger partial charge in [-0.05, 0) is 43.2 Å². The van der Waals surface area contributed by atoms with Gasteiger partial charge in [0.25, 0.3) is 0 Å². The van der Waals surface area contributed by atoms with Crippen LogP contribution in [0.2, 0.25) is 0 Å². The lowest BCUT2D eigenvalue weighted by atomic mass is 9.82. The molecule has 0 aliphatic heterocycles. The molecule has 0 radical (unpaired) electrons. The summed E-state index contributed by atoms with van der Waals surface area (Å²) in [6, 6.07) is 13.5. The van der Waals surface area contributed by atoms with Crippen LogP contribution in [0.15, 0.2) is 48.9 Å². The molecule has 2 aromatic rings. The van der Waals surface area contributed by atoms with Crippen LogP contribution in [-0.2, 0) is 6.54 Å². The van der Waals surface area contributed by atoms with Gasteiger partial charge in [0.05, 0.1) is 5.69 Å². The lowest BCUT2D eigenvalue weighted by molar-refractivity contribution is 0.340. The van der Waals surface area contributed by atoms with E-state index in [1.54, 1.807) is 12.5 Å². The number of nitrogens with zero attached hydrogens (tertiary/aromatic N) is 2. The number of benzene rings is 1. The van der Waals surface area contributed by atoms with Crippen molar-refractivity contribution in [2.45, 2.75) is 44.2 Å². The molecule has 104 valence electrons. The molecule has 1 N–H and O–H groups in total. The zero-order chi connectivity index (χ0) is 13.6. The monoisotopic (exact) mass is 267 g/mol. The highest BCUT2D eigenvalue weighted by Gasteiger charge is 2.21. The average Bonchev–Trinajstić information content (AvgIpc) is 2.55. The van der Waals surface area contributed by atoms with Crippen molar-refractivity contribution in [2.75, 3.05) is 0 Å². The number of hydrogen-bond acceptors (Lipinski definition) is 3. The van der Waals surface area contributed by atoms with Crippen LogP contribution in [0.5, 0.6) is 0 Å². The van der Waals surface area contributed by atoms with Gasteiger partial charge in [-0.3, -0.25) is 0 Å². The SMILES string of the molecule is c1ccc(C2CCC(NCc3ccncn3)CC2)cc1. The predicted octanol–water partition coefficient (Wildman–Crippen LogP) is 3.29. The number of rotatable bonds is 4. The van der Waals surface area contributed by atoms with E-state index in [9.17, 15) is 0 Å². The second-order valence-electron chi connectivity index (χ2n) is 5.54. The first kappa shape index (κ1) is 13.3. The first-order valence-electron chi connectivity index (χ1n) is 7.45. The highest BCUT2D eigenvalue weighted by molar-refractivity contribution is 5.20. The van der Waals surface area contributed by atoms with Gasteiger partial charge in [0.2, 0.25) is 0 Å². The van der Waals surface area contributed by atoms with Crippen LogP contribution >= 0.6 is 0 Å². The maximum Gasteiger partial charge on any atom is 0.115 e. The molecule has 1 aliphatic carbocycles. The van der Waals surface area contributed by atoms with E-state index in [1.165, 1.54) is 31.2 Å². The molecule has 20 heavy (non-hydrogen) atoms. The summed E-state index contributed by atoms with van der Waals surface area (Å²) in [7, 11) is 0. The lowest BCUT2D eigenvalue weighted by Gasteiger charge is -2.29. The maximum atomic E-state index is 4.25. The van der Waals surface area contributed by atoms with E-state index < -0.39 is 0 Å². The Labute approximate surface area is 120 Å². The third kappa shape index (κ3) is 3.42. The van der Waals surface area contributed by atoms with Crippen LogP contribution in [-0.4, -0.2) is 16.0 Å². The van der Waals surface area contributed by atoms with Crippen molar-refractivity contribution in [1.29, 1.82) is 0 Å². The van der Waals surface area contributed by atoms with Gasteiger partial charge >= 0.3 is 0 Å². The van der Waals surface area contributed by atoms with Crippen molar-refractivity contribution in [3.8, 4) is 0 Å². The predicted molar refractivity (Wildman–Crippen MR) is 80.3 cm³/mol. The van der Waals surface area contributed by atoms with Crippen molar-refractivity contribution in [1.82, 2.24) is 15.3 Å². The van der Waals surface area contributed by atoms with E-state index in [1.807, 2.05) is 6.07 Å². The van der Waals surface area contributed by atoms with Crippen LogP contribution < -0.4 is 5.32 Å². The van der Waals surface area contributed by atoms with Crippen molar-refractivity contribution in [3.05, 3.63) is 60.2 Å². The van der Waals surface area contributed by atoms with Gasteiger partial charge in [0.1, 0.15) is 6.33 Å². The van der Waals surface area contributed by atoms with E-state index in [0.29, 0.717) is 6.04 Å². The van der Waals surface area contributed by atoms with E-state index in [0.717, 1.165) is 18.2 Å². The van der Waals surface area contributed by atoms with Crippen LogP contribution in [0.3, 0.4) is 0 Å². The van der Waals surface area contributed by atoms with Crippen LogP contribution in [0.1, 0.15) is 42.9 Å². The van der Waals surface area contributed by atoms with Crippen molar-refractivity contribution in [2.24, 2.45) is 0 Å². The summed E-state index contributed by atoms with van der Waals surface area (Å²) in [5.41, 5.74) is 2.58. The molecule has 1 aromatic heterocycles. The Morgan fingerprint density at radius 3 is 2.50 bits per heavy atom. The van der Waals surface area contributed by atoms with Crippen LogP contribution in [0.25, 0.3) is 0 Å². The Morgan fingerprint density at radius 1 is 1.00 bits per heavy atom. The highest BCUT2D eigenvalue weighted by Crippen LogP contribution is 2.32. The fourth-order valence-corrected chi connectivity index (χ4v) is 3.03. The molecular formula is C17H21N3. The summed E-state index contributed by atoms with van der Waals surface area (Å²) in [6.45, 7) is 0.850. The molecule has 1 heterocycles. The number of nitrogens with one attached hydrogen (secondary N) is 1. The molecule has 0 atom stereocenters. The Balaban J connectivity index is 1.47. The number of hydrogen-bond donors (Lipinski definition) is 1. The van der Waals surface area contributed by atoms with Gasteiger partial charge in [0, 0.05) is 18.8 Å². The van der Waals surface area contributed by atoms with E-state index in [2.05, 4.69) is 45.6 Å². The zero-order valence-corrected chi connectivity index (χ0v) is 11.7. The Bertz CT molecular complexity index is 504. The van der Waals surface area contributed by atoms with Gasteiger partial charge in [-0.25, -0.2) is 9.97 Å². The van der Waals surface area contributed by atoms with Gasteiger partial charge in [-0.15, -0.1) is 0 Å². The molecule has 1 fully saturated rings. The molecule has 0 spiro atoms. The van der Waals surface area contributed by atoms with Gasteiger partial charge in [0.15, 0.2) is 0 Å². The summed E-state index contributed by atoms with van der Waals surface area (Å²) in [5.74, 6) is 0.744. The minimum absolute atomic E-state index is 0.630. The zero-order valence-electron chi connectivity index (χ0n) is 11.7. The topological polar surface area (TPSA) is 37.8 Å². The van der Waals surface area contributed by atoms with Gasteiger partial charge in [-0.1, -0.05) is 30.3 Å². The normalized spacial score (nSPS) is 22.6. The summed E-state index contributed by atoms with van der Waals surface area (Å²) in [6.07, 6.45) is 8.49. The van der Waals surface area contributed by atoms with Gasteiger partial charge < -0.3 is 5.32 Å². The molecule has 0 saturated heterocycles. The Hall–Kier alpha value is -1.74. The van der Waals surface area contributed by atoms with Gasteiger partial charge in [-0.2, -0.15) is 0 Å². The molecule has 3 nitrogen and oxygen atoms in total. The first-order chi connectivity index (χ1) is 9.92. The third-order valence-electron chi connectivity index (χ3n) is 4.21. The second-order valence-corrected chi connectivity index (χ2v) is 5.54. The maximum absolute atomic E-state index is 4.25. The van der Waals surface area contributed by atoms with Crippen molar-refractivity contribution in [3.63, 3.8) is 0 Å². The summed E-state index contributed by atoms with van der Waals surface area (Å²) in [5, 5.41) is 3.62. The molecule has 1 saturated carbocycles. The second kappa shape index (κ2) is 6.62. The minimum atomic E-state index is 0.630. The molecule has 1 aliphatic rings. The largest absolute Gasteiger partial charge is 0.308 e. The Morgan fingerprint density at radius 2 is 1.80 bits per heavy atom. The molecule has 0 unspecified atom stereocenters. The smallest absolute Gasteiger partial charge is 0.115 e. The van der Waals surface area contributed by atoms with E-state index in [4.69, 9.17) is 0 Å². The van der Waals surface area contributed by atoms with E-state index in [-0.39, 0.29) is 0 Å². The molecule has 1 aromatic carbocycles. The molecule has 0 bridgehead atoms.